The smallest absolute Gasteiger partial charge is 0.253 e. The van der Waals surface area contributed by atoms with Crippen molar-refractivity contribution < 1.29 is 4.79 Å². The van der Waals surface area contributed by atoms with Crippen molar-refractivity contribution in [2.45, 2.75) is 45.2 Å². The maximum Gasteiger partial charge on any atom is 0.253 e. The molecule has 0 unspecified atom stereocenters. The molecule has 4 rings (SSSR count). The molecule has 1 amide bonds. The summed E-state index contributed by atoms with van der Waals surface area (Å²) in [6, 6.07) is 1.83. The van der Waals surface area contributed by atoms with E-state index in [1.165, 1.54) is 0 Å². The van der Waals surface area contributed by atoms with Crippen LogP contribution in [-0.2, 0) is 6.54 Å². The van der Waals surface area contributed by atoms with Crippen LogP contribution in [0.5, 0.6) is 0 Å². The Morgan fingerprint density at radius 2 is 1.96 bits per heavy atom. The number of nitrogens with one attached hydrogen (secondary N) is 1. The molecular weight excluding hydrogens is 399 g/mol. The number of hydrogen-bond donors (Lipinski definition) is 1. The topological polar surface area (TPSA) is 85.6 Å². The summed E-state index contributed by atoms with van der Waals surface area (Å²) in [6.07, 6.45) is 8.88. The van der Waals surface area contributed by atoms with Gasteiger partial charge < -0.3 is 5.32 Å². The van der Waals surface area contributed by atoms with Crippen LogP contribution in [0.3, 0.4) is 0 Å². The quantitative estimate of drug-likeness (QED) is 0.650. The van der Waals surface area contributed by atoms with Gasteiger partial charge in [0.25, 0.3) is 5.91 Å². The zero-order chi connectivity index (χ0) is 19.7. The minimum Gasteiger partial charge on any atom is -0.349 e. The van der Waals surface area contributed by atoms with Gasteiger partial charge in [-0.15, -0.1) is 0 Å². The van der Waals surface area contributed by atoms with Crippen molar-refractivity contribution >= 4 is 40.1 Å². The summed E-state index contributed by atoms with van der Waals surface area (Å²) in [4.78, 5) is 25.0. The number of hydrogen-bond acceptors (Lipinski definition) is 5. The number of carbonyl (C=O) groups is 1. The Labute approximate surface area is 172 Å². The van der Waals surface area contributed by atoms with Crippen LogP contribution in [-0.4, -0.2) is 36.7 Å². The number of pyridine rings is 1. The molecule has 0 aliphatic heterocycles. The van der Waals surface area contributed by atoms with Gasteiger partial charge in [0.1, 0.15) is 0 Å². The molecule has 0 radical (unpaired) electrons. The van der Waals surface area contributed by atoms with Crippen molar-refractivity contribution in [3.8, 4) is 0 Å². The molecule has 1 saturated carbocycles. The second-order valence-corrected chi connectivity index (χ2v) is 8.00. The van der Waals surface area contributed by atoms with Crippen LogP contribution in [0.25, 0.3) is 11.0 Å². The van der Waals surface area contributed by atoms with E-state index in [2.05, 4.69) is 25.4 Å². The summed E-state index contributed by atoms with van der Waals surface area (Å²) in [7, 11) is 0. The van der Waals surface area contributed by atoms with Gasteiger partial charge in [0, 0.05) is 25.0 Å². The van der Waals surface area contributed by atoms with Crippen LogP contribution >= 0.6 is 23.2 Å². The van der Waals surface area contributed by atoms with E-state index >= 15 is 0 Å². The van der Waals surface area contributed by atoms with Crippen molar-refractivity contribution in [1.82, 2.24) is 30.0 Å². The largest absolute Gasteiger partial charge is 0.349 e. The Kier molecular flexibility index (Phi) is 5.46. The van der Waals surface area contributed by atoms with E-state index in [1.807, 2.05) is 11.6 Å². The molecule has 0 atom stereocenters. The van der Waals surface area contributed by atoms with Crippen molar-refractivity contribution in [3.05, 3.63) is 46.2 Å². The van der Waals surface area contributed by atoms with E-state index in [-0.39, 0.29) is 17.2 Å². The van der Waals surface area contributed by atoms with E-state index in [1.54, 1.807) is 24.7 Å². The minimum absolute atomic E-state index is 0.111. The molecule has 1 aliphatic carbocycles. The molecule has 3 heterocycles. The lowest BCUT2D eigenvalue weighted by Gasteiger charge is -2.29. The van der Waals surface area contributed by atoms with Gasteiger partial charge in [0.2, 0.25) is 5.28 Å². The summed E-state index contributed by atoms with van der Waals surface area (Å²) in [6.45, 7) is 2.60. The lowest BCUT2D eigenvalue weighted by atomic mass is 9.86. The Balaban J connectivity index is 1.35. The maximum atomic E-state index is 12.6. The molecule has 3 aromatic heterocycles. The third-order valence-corrected chi connectivity index (χ3v) is 5.65. The zero-order valence-corrected chi connectivity index (χ0v) is 16.9. The molecular formula is C19H20Cl2N6O. The Hall–Kier alpha value is -2.25. The van der Waals surface area contributed by atoms with Crippen molar-refractivity contribution in [2.24, 2.45) is 5.92 Å². The summed E-state index contributed by atoms with van der Waals surface area (Å²) in [5, 5.41) is 9.12. The van der Waals surface area contributed by atoms with Crippen LogP contribution in [0.1, 0.15) is 41.7 Å². The Bertz CT molecular complexity index is 1010. The van der Waals surface area contributed by atoms with Crippen molar-refractivity contribution in [3.63, 3.8) is 0 Å². The first-order valence-electron chi connectivity index (χ1n) is 9.26. The highest BCUT2D eigenvalue weighted by molar-refractivity contribution is 6.30. The van der Waals surface area contributed by atoms with Gasteiger partial charge >= 0.3 is 0 Å². The Morgan fingerprint density at radius 1 is 1.18 bits per heavy atom. The predicted molar refractivity (Wildman–Crippen MR) is 108 cm³/mol. The predicted octanol–water partition coefficient (Wildman–Crippen LogP) is 3.83. The molecule has 0 spiro atoms. The van der Waals surface area contributed by atoms with E-state index < -0.39 is 0 Å². The summed E-state index contributed by atoms with van der Waals surface area (Å²) in [5.74, 6) is 0.375. The number of fused-ring (bicyclic) bond motifs is 1. The molecule has 28 heavy (non-hydrogen) atoms. The molecule has 1 fully saturated rings. The van der Waals surface area contributed by atoms with E-state index in [9.17, 15) is 4.79 Å². The molecule has 0 aromatic carbocycles. The van der Waals surface area contributed by atoms with Crippen LogP contribution in [0.15, 0.2) is 24.7 Å². The average molecular weight is 419 g/mol. The number of aryl methyl sites for hydroxylation is 1. The highest BCUT2D eigenvalue weighted by atomic mass is 35.5. The van der Waals surface area contributed by atoms with Crippen LogP contribution in [0, 0.1) is 12.8 Å². The first kappa shape index (κ1) is 19.1. The van der Waals surface area contributed by atoms with Gasteiger partial charge in [-0.05, 0) is 56.2 Å². The highest BCUT2D eigenvalue weighted by Crippen LogP contribution is 2.27. The minimum atomic E-state index is -0.111. The molecule has 3 aromatic rings. The summed E-state index contributed by atoms with van der Waals surface area (Å²) >= 11 is 11.9. The fourth-order valence-corrected chi connectivity index (χ4v) is 4.00. The van der Waals surface area contributed by atoms with Gasteiger partial charge in [0.05, 0.1) is 27.9 Å². The first-order chi connectivity index (χ1) is 13.5. The fourth-order valence-electron chi connectivity index (χ4n) is 3.71. The number of carbonyl (C=O) groups excluding carboxylic acids is 1. The van der Waals surface area contributed by atoms with E-state index in [0.717, 1.165) is 43.3 Å². The highest BCUT2D eigenvalue weighted by Gasteiger charge is 2.24. The standard InChI is InChI=1S/C19H20Cl2N6O/c1-11-16(6-14(20)9-22-11)18(28)25-15-4-2-12(3-5-15)10-27-17-13(8-24-27)7-23-19(21)26-17/h6-9,12,15H,2-5,10H2,1H3,(H,25,28). The van der Waals surface area contributed by atoms with Crippen LogP contribution in [0.4, 0.5) is 0 Å². The number of amides is 1. The number of aromatic nitrogens is 5. The number of halogens is 2. The van der Waals surface area contributed by atoms with Crippen LogP contribution in [0.2, 0.25) is 10.3 Å². The maximum absolute atomic E-state index is 12.6. The Morgan fingerprint density at radius 3 is 2.75 bits per heavy atom. The SMILES string of the molecule is Cc1ncc(Cl)cc1C(=O)NC1CCC(Cn2ncc3cnc(Cl)nc32)CC1. The van der Waals surface area contributed by atoms with Gasteiger partial charge in [0.15, 0.2) is 5.65 Å². The van der Waals surface area contributed by atoms with E-state index in [0.29, 0.717) is 22.2 Å². The van der Waals surface area contributed by atoms with Gasteiger partial charge in [-0.2, -0.15) is 10.1 Å². The van der Waals surface area contributed by atoms with Crippen LogP contribution < -0.4 is 5.32 Å². The van der Waals surface area contributed by atoms with Crippen molar-refractivity contribution in [2.75, 3.05) is 0 Å². The lowest BCUT2D eigenvalue weighted by molar-refractivity contribution is 0.0919. The first-order valence-corrected chi connectivity index (χ1v) is 10.0. The fraction of sp³-hybridized carbons (Fsp3) is 0.421. The normalized spacial score (nSPS) is 19.7. The van der Waals surface area contributed by atoms with Gasteiger partial charge in [-0.3, -0.25) is 9.78 Å². The van der Waals surface area contributed by atoms with Crippen molar-refractivity contribution in [1.29, 1.82) is 0 Å². The number of rotatable bonds is 4. The third-order valence-electron chi connectivity index (χ3n) is 5.26. The third kappa shape index (κ3) is 4.10. The molecule has 1 N–H and O–H groups in total. The second-order valence-electron chi connectivity index (χ2n) is 7.22. The molecule has 0 saturated heterocycles. The molecule has 1 aliphatic rings. The summed E-state index contributed by atoms with van der Waals surface area (Å²) < 4.78 is 1.90. The molecule has 146 valence electrons. The molecule has 9 heteroatoms. The monoisotopic (exact) mass is 418 g/mol. The average Bonchev–Trinajstić information content (AvgIpc) is 3.07. The molecule has 7 nitrogen and oxygen atoms in total. The summed E-state index contributed by atoms with van der Waals surface area (Å²) in [5.41, 5.74) is 1.98. The second kappa shape index (κ2) is 8.01. The lowest BCUT2D eigenvalue weighted by Crippen LogP contribution is -2.38. The molecule has 0 bridgehead atoms. The van der Waals surface area contributed by atoms with E-state index in [4.69, 9.17) is 23.2 Å². The number of nitrogens with zero attached hydrogens (tertiary/aromatic N) is 5. The van der Waals surface area contributed by atoms with Gasteiger partial charge in [-0.1, -0.05) is 11.6 Å². The zero-order valence-electron chi connectivity index (χ0n) is 15.4. The van der Waals surface area contributed by atoms with Gasteiger partial charge in [-0.25, -0.2) is 9.67 Å².